The standard InChI is InChI=1S/C20H21N3O7/c1-3-22(10-13-4-7-17-18(8-13)30-12-29-17)19(24)11-28-20(25)14-5-6-15(21-2)16(9-14)23(26)27/h4-9,21H,3,10-12H2,1-2H3. The second kappa shape index (κ2) is 9.12. The van der Waals surface area contributed by atoms with E-state index in [0.29, 0.717) is 24.6 Å². The van der Waals surface area contributed by atoms with Gasteiger partial charge in [0.2, 0.25) is 6.79 Å². The summed E-state index contributed by atoms with van der Waals surface area (Å²) >= 11 is 0. The predicted octanol–water partition coefficient (Wildman–Crippen LogP) is 2.57. The lowest BCUT2D eigenvalue weighted by Crippen LogP contribution is -2.34. The van der Waals surface area contributed by atoms with Gasteiger partial charge < -0.3 is 24.4 Å². The van der Waals surface area contributed by atoms with Gasteiger partial charge in [-0.2, -0.15) is 0 Å². The van der Waals surface area contributed by atoms with E-state index in [2.05, 4.69) is 5.32 Å². The number of nitro groups is 1. The highest BCUT2D eigenvalue weighted by atomic mass is 16.7. The Bertz CT molecular complexity index is 977. The van der Waals surface area contributed by atoms with Crippen molar-refractivity contribution < 1.29 is 28.7 Å². The van der Waals surface area contributed by atoms with Gasteiger partial charge in [0.1, 0.15) is 5.69 Å². The molecule has 1 aliphatic heterocycles. The number of hydrogen-bond donors (Lipinski definition) is 1. The molecule has 10 nitrogen and oxygen atoms in total. The number of likely N-dealkylation sites (N-methyl/N-ethyl adjacent to an activating group) is 1. The summed E-state index contributed by atoms with van der Waals surface area (Å²) in [6, 6.07) is 9.33. The SMILES string of the molecule is CCN(Cc1ccc2c(c1)OCO2)C(=O)COC(=O)c1ccc(NC)c([N+](=O)[O-])c1. The van der Waals surface area contributed by atoms with Crippen LogP contribution in [0.1, 0.15) is 22.8 Å². The van der Waals surface area contributed by atoms with Crippen molar-refractivity contribution in [3.63, 3.8) is 0 Å². The van der Waals surface area contributed by atoms with Crippen LogP contribution >= 0.6 is 0 Å². The van der Waals surface area contributed by atoms with Crippen LogP contribution < -0.4 is 14.8 Å². The zero-order valence-electron chi connectivity index (χ0n) is 16.5. The molecule has 0 bridgehead atoms. The first kappa shape index (κ1) is 20.9. The molecule has 158 valence electrons. The molecule has 0 unspecified atom stereocenters. The number of carbonyl (C=O) groups excluding carboxylic acids is 2. The predicted molar refractivity (Wildman–Crippen MR) is 107 cm³/mol. The second-order valence-electron chi connectivity index (χ2n) is 6.41. The summed E-state index contributed by atoms with van der Waals surface area (Å²) in [5, 5.41) is 13.8. The first-order chi connectivity index (χ1) is 14.4. The number of anilines is 1. The van der Waals surface area contributed by atoms with E-state index < -0.39 is 17.5 Å². The van der Waals surface area contributed by atoms with Crippen molar-refractivity contribution in [3.8, 4) is 11.5 Å². The van der Waals surface area contributed by atoms with Crippen molar-refractivity contribution in [1.82, 2.24) is 4.90 Å². The summed E-state index contributed by atoms with van der Waals surface area (Å²) in [5.74, 6) is 0.0765. The molecule has 30 heavy (non-hydrogen) atoms. The third kappa shape index (κ3) is 4.59. The first-order valence-electron chi connectivity index (χ1n) is 9.22. The number of fused-ring (bicyclic) bond motifs is 1. The van der Waals surface area contributed by atoms with Crippen LogP contribution in [0.5, 0.6) is 11.5 Å². The number of carbonyl (C=O) groups is 2. The number of hydrogen-bond acceptors (Lipinski definition) is 8. The number of rotatable bonds is 8. The van der Waals surface area contributed by atoms with Crippen LogP contribution in [0, 0.1) is 10.1 Å². The average molecular weight is 415 g/mol. The van der Waals surface area contributed by atoms with E-state index in [1.807, 2.05) is 13.0 Å². The molecule has 0 spiro atoms. The highest BCUT2D eigenvalue weighted by Gasteiger charge is 2.20. The first-order valence-corrected chi connectivity index (χ1v) is 9.22. The van der Waals surface area contributed by atoms with Gasteiger partial charge in [0, 0.05) is 26.2 Å². The average Bonchev–Trinajstić information content (AvgIpc) is 3.22. The highest BCUT2D eigenvalue weighted by molar-refractivity contribution is 5.93. The molecule has 0 radical (unpaired) electrons. The normalized spacial score (nSPS) is 11.7. The topological polar surface area (TPSA) is 120 Å². The maximum atomic E-state index is 12.5. The minimum atomic E-state index is -0.812. The molecule has 0 aromatic heterocycles. The van der Waals surface area contributed by atoms with Gasteiger partial charge in [-0.1, -0.05) is 6.07 Å². The van der Waals surface area contributed by atoms with Gasteiger partial charge >= 0.3 is 5.97 Å². The fourth-order valence-electron chi connectivity index (χ4n) is 2.96. The third-order valence-electron chi connectivity index (χ3n) is 4.57. The quantitative estimate of drug-likeness (QED) is 0.397. The molecule has 0 atom stereocenters. The Morgan fingerprint density at radius 1 is 1.20 bits per heavy atom. The monoisotopic (exact) mass is 415 g/mol. The zero-order chi connectivity index (χ0) is 21.7. The van der Waals surface area contributed by atoms with E-state index in [0.717, 1.165) is 11.6 Å². The molecular weight excluding hydrogens is 394 g/mol. The van der Waals surface area contributed by atoms with Crippen molar-refractivity contribution >= 4 is 23.3 Å². The molecule has 1 amide bonds. The van der Waals surface area contributed by atoms with E-state index in [1.165, 1.54) is 17.0 Å². The van der Waals surface area contributed by atoms with Crippen molar-refractivity contribution in [3.05, 3.63) is 57.6 Å². The van der Waals surface area contributed by atoms with E-state index in [9.17, 15) is 19.7 Å². The van der Waals surface area contributed by atoms with Gasteiger partial charge in [0.15, 0.2) is 18.1 Å². The molecule has 1 aliphatic rings. The zero-order valence-corrected chi connectivity index (χ0v) is 16.5. The lowest BCUT2D eigenvalue weighted by Gasteiger charge is -2.21. The number of nitro benzene ring substituents is 1. The smallest absolute Gasteiger partial charge is 0.338 e. The Hall–Kier alpha value is -3.82. The van der Waals surface area contributed by atoms with Gasteiger partial charge in [-0.3, -0.25) is 14.9 Å². The number of ether oxygens (including phenoxy) is 3. The second-order valence-corrected chi connectivity index (χ2v) is 6.41. The molecule has 0 fully saturated rings. The molecule has 10 heteroatoms. The molecule has 2 aromatic rings. The molecule has 1 N–H and O–H groups in total. The van der Waals surface area contributed by atoms with Crippen LogP contribution in [0.2, 0.25) is 0 Å². The molecule has 0 aliphatic carbocycles. The van der Waals surface area contributed by atoms with Gasteiger partial charge in [-0.15, -0.1) is 0 Å². The van der Waals surface area contributed by atoms with Crippen molar-refractivity contribution in [2.45, 2.75) is 13.5 Å². The van der Waals surface area contributed by atoms with Crippen molar-refractivity contribution in [2.75, 3.05) is 32.3 Å². The summed E-state index contributed by atoms with van der Waals surface area (Å²) in [4.78, 5) is 36.8. The Kier molecular flexibility index (Phi) is 6.35. The molecule has 0 saturated carbocycles. The molecule has 1 heterocycles. The number of amides is 1. The number of benzene rings is 2. The van der Waals surface area contributed by atoms with Crippen LogP contribution in [-0.2, 0) is 16.1 Å². The minimum absolute atomic E-state index is 0.00711. The summed E-state index contributed by atoms with van der Waals surface area (Å²) < 4.78 is 15.7. The van der Waals surface area contributed by atoms with E-state index in [-0.39, 0.29) is 29.6 Å². The van der Waals surface area contributed by atoms with Crippen molar-refractivity contribution in [2.24, 2.45) is 0 Å². The Morgan fingerprint density at radius 2 is 1.97 bits per heavy atom. The molecular formula is C20H21N3O7. The number of nitrogens with zero attached hydrogens (tertiary/aromatic N) is 2. The summed E-state index contributed by atoms with van der Waals surface area (Å²) in [7, 11) is 1.54. The fourth-order valence-corrected chi connectivity index (χ4v) is 2.96. The van der Waals surface area contributed by atoms with E-state index in [1.54, 1.807) is 19.2 Å². The summed E-state index contributed by atoms with van der Waals surface area (Å²) in [6.45, 7) is 2.23. The number of nitrogens with one attached hydrogen (secondary N) is 1. The van der Waals surface area contributed by atoms with Gasteiger partial charge in [-0.25, -0.2) is 4.79 Å². The lowest BCUT2D eigenvalue weighted by atomic mass is 10.1. The Labute approximate surface area is 172 Å². The fraction of sp³-hybridized carbons (Fsp3) is 0.300. The maximum Gasteiger partial charge on any atom is 0.338 e. The Morgan fingerprint density at radius 3 is 2.67 bits per heavy atom. The van der Waals surface area contributed by atoms with Crippen LogP contribution in [0.3, 0.4) is 0 Å². The summed E-state index contributed by atoms with van der Waals surface area (Å²) in [6.07, 6.45) is 0. The largest absolute Gasteiger partial charge is 0.454 e. The van der Waals surface area contributed by atoms with Crippen LogP contribution in [0.4, 0.5) is 11.4 Å². The van der Waals surface area contributed by atoms with Gasteiger partial charge in [0.05, 0.1) is 10.5 Å². The van der Waals surface area contributed by atoms with Gasteiger partial charge in [0.25, 0.3) is 11.6 Å². The number of esters is 1. The lowest BCUT2D eigenvalue weighted by molar-refractivity contribution is -0.384. The maximum absolute atomic E-state index is 12.5. The van der Waals surface area contributed by atoms with Crippen LogP contribution in [-0.4, -0.2) is 48.7 Å². The van der Waals surface area contributed by atoms with Crippen molar-refractivity contribution in [1.29, 1.82) is 0 Å². The third-order valence-corrected chi connectivity index (χ3v) is 4.57. The molecule has 3 rings (SSSR count). The molecule has 2 aromatic carbocycles. The van der Waals surface area contributed by atoms with Crippen LogP contribution in [0.15, 0.2) is 36.4 Å². The Balaban J connectivity index is 1.61. The van der Waals surface area contributed by atoms with Crippen LogP contribution in [0.25, 0.3) is 0 Å². The van der Waals surface area contributed by atoms with Gasteiger partial charge in [-0.05, 0) is 36.8 Å². The minimum Gasteiger partial charge on any atom is -0.454 e. The molecule has 0 saturated heterocycles. The highest BCUT2D eigenvalue weighted by Crippen LogP contribution is 2.32. The van der Waals surface area contributed by atoms with E-state index in [4.69, 9.17) is 14.2 Å². The summed E-state index contributed by atoms with van der Waals surface area (Å²) in [5.41, 5.74) is 0.858. The van der Waals surface area contributed by atoms with E-state index >= 15 is 0 Å².